The van der Waals surface area contributed by atoms with Crippen molar-refractivity contribution in [3.8, 4) is 11.3 Å². The number of likely N-dealkylation sites (N-methyl/N-ethyl adjacent to an activating group) is 1. The number of benzene rings is 2. The zero-order valence-corrected chi connectivity index (χ0v) is 17.6. The summed E-state index contributed by atoms with van der Waals surface area (Å²) in [7, 11) is 2.24. The van der Waals surface area contributed by atoms with Gasteiger partial charge in [0, 0.05) is 38.3 Å². The third-order valence-electron chi connectivity index (χ3n) is 7.02. The minimum atomic E-state index is -0.197. The summed E-state index contributed by atoms with van der Waals surface area (Å²) < 4.78 is 16.1. The van der Waals surface area contributed by atoms with Gasteiger partial charge in [-0.15, -0.1) is 0 Å². The van der Waals surface area contributed by atoms with E-state index in [4.69, 9.17) is 4.98 Å². The molecule has 5 heteroatoms. The van der Waals surface area contributed by atoms with E-state index >= 15 is 0 Å². The van der Waals surface area contributed by atoms with Crippen LogP contribution >= 0.6 is 0 Å². The SMILES string of the molecule is CN1CCn2c(-c3cccc(F)c3)cnc2C12CCN(CCc1ccccc1)CC2. The highest BCUT2D eigenvalue weighted by Gasteiger charge is 2.45. The van der Waals surface area contributed by atoms with Gasteiger partial charge in [0.05, 0.1) is 17.4 Å². The number of halogens is 1. The molecule has 0 unspecified atom stereocenters. The Kier molecular flexibility index (Phi) is 5.17. The molecule has 0 saturated carbocycles. The second-order valence-electron chi connectivity index (χ2n) is 8.66. The molecule has 0 amide bonds. The average Bonchev–Trinajstić information content (AvgIpc) is 3.22. The van der Waals surface area contributed by atoms with E-state index in [9.17, 15) is 4.39 Å². The molecule has 0 N–H and O–H groups in total. The van der Waals surface area contributed by atoms with Crippen molar-refractivity contribution in [3.05, 3.63) is 78.0 Å². The van der Waals surface area contributed by atoms with E-state index < -0.39 is 0 Å². The van der Waals surface area contributed by atoms with Gasteiger partial charge in [-0.2, -0.15) is 0 Å². The Balaban J connectivity index is 1.35. The molecule has 1 saturated heterocycles. The zero-order chi connectivity index (χ0) is 20.6. The fraction of sp³-hybridized carbons (Fsp3) is 0.400. The molecule has 0 bridgehead atoms. The van der Waals surface area contributed by atoms with Gasteiger partial charge in [0.2, 0.25) is 0 Å². The third kappa shape index (κ3) is 3.46. The van der Waals surface area contributed by atoms with Crippen LogP contribution in [-0.2, 0) is 18.5 Å². The Bertz CT molecular complexity index is 1000. The van der Waals surface area contributed by atoms with Crippen molar-refractivity contribution in [2.45, 2.75) is 31.3 Å². The molecular formula is C25H29FN4. The predicted octanol–water partition coefficient (Wildman–Crippen LogP) is 4.17. The fourth-order valence-corrected chi connectivity index (χ4v) is 5.17. The van der Waals surface area contributed by atoms with Crippen LogP contribution in [0, 0.1) is 5.82 Å². The first-order chi connectivity index (χ1) is 14.7. The van der Waals surface area contributed by atoms with Gasteiger partial charge in [0.15, 0.2) is 0 Å². The lowest BCUT2D eigenvalue weighted by atomic mass is 9.83. The number of rotatable bonds is 4. The fourth-order valence-electron chi connectivity index (χ4n) is 5.17. The molecule has 1 fully saturated rings. The van der Waals surface area contributed by atoms with Crippen molar-refractivity contribution in [3.63, 3.8) is 0 Å². The van der Waals surface area contributed by atoms with E-state index in [1.807, 2.05) is 12.3 Å². The second kappa shape index (κ2) is 7.97. The smallest absolute Gasteiger partial charge is 0.129 e. The molecule has 2 aromatic carbocycles. The van der Waals surface area contributed by atoms with Gasteiger partial charge in [-0.1, -0.05) is 42.5 Å². The maximum Gasteiger partial charge on any atom is 0.129 e. The van der Waals surface area contributed by atoms with Gasteiger partial charge >= 0.3 is 0 Å². The maximum absolute atomic E-state index is 13.8. The molecule has 0 radical (unpaired) electrons. The van der Waals surface area contributed by atoms with Crippen LogP contribution in [0.5, 0.6) is 0 Å². The van der Waals surface area contributed by atoms with Crippen LogP contribution in [0.3, 0.4) is 0 Å². The highest BCUT2D eigenvalue weighted by atomic mass is 19.1. The monoisotopic (exact) mass is 404 g/mol. The molecule has 0 aliphatic carbocycles. The number of hydrogen-bond acceptors (Lipinski definition) is 3. The molecule has 3 aromatic rings. The molecule has 30 heavy (non-hydrogen) atoms. The molecule has 1 aromatic heterocycles. The summed E-state index contributed by atoms with van der Waals surface area (Å²) in [4.78, 5) is 9.97. The molecule has 4 nitrogen and oxygen atoms in total. The van der Waals surface area contributed by atoms with Gasteiger partial charge in [-0.25, -0.2) is 9.37 Å². The van der Waals surface area contributed by atoms with Crippen molar-refractivity contribution >= 4 is 0 Å². The topological polar surface area (TPSA) is 24.3 Å². The standard InChI is InChI=1S/C25H29FN4/c1-28-16-17-30-23(21-8-5-9-22(26)18-21)19-27-24(30)25(28)11-14-29(15-12-25)13-10-20-6-3-2-4-7-20/h2-9,18-19H,10-17H2,1H3. The summed E-state index contributed by atoms with van der Waals surface area (Å²) in [6.07, 6.45) is 5.20. The van der Waals surface area contributed by atoms with Crippen LogP contribution < -0.4 is 0 Å². The van der Waals surface area contributed by atoms with E-state index in [0.717, 1.165) is 69.1 Å². The lowest BCUT2D eigenvalue weighted by Crippen LogP contribution is -2.56. The first kappa shape index (κ1) is 19.5. The number of aromatic nitrogens is 2. The van der Waals surface area contributed by atoms with Gasteiger partial charge in [-0.05, 0) is 44.0 Å². The lowest BCUT2D eigenvalue weighted by Gasteiger charge is -2.49. The predicted molar refractivity (Wildman–Crippen MR) is 118 cm³/mol. The van der Waals surface area contributed by atoms with E-state index in [1.54, 1.807) is 12.1 Å². The number of nitrogens with zero attached hydrogens (tertiary/aromatic N) is 4. The van der Waals surface area contributed by atoms with E-state index in [2.05, 4.69) is 51.7 Å². The largest absolute Gasteiger partial charge is 0.325 e. The minimum absolute atomic E-state index is 0.0208. The number of fused-ring (bicyclic) bond motifs is 2. The van der Waals surface area contributed by atoms with Gasteiger partial charge in [-0.3, -0.25) is 4.90 Å². The molecule has 2 aliphatic heterocycles. The van der Waals surface area contributed by atoms with E-state index in [-0.39, 0.29) is 11.4 Å². The van der Waals surface area contributed by atoms with E-state index in [1.165, 1.54) is 11.6 Å². The highest BCUT2D eigenvalue weighted by Crippen LogP contribution is 2.41. The Morgan fingerprint density at radius 2 is 1.77 bits per heavy atom. The molecule has 2 aliphatic rings. The highest BCUT2D eigenvalue weighted by molar-refractivity contribution is 5.60. The van der Waals surface area contributed by atoms with Crippen LogP contribution in [0.15, 0.2) is 60.8 Å². The average molecular weight is 405 g/mol. The van der Waals surface area contributed by atoms with Crippen molar-refractivity contribution in [2.24, 2.45) is 0 Å². The van der Waals surface area contributed by atoms with Crippen LogP contribution in [0.25, 0.3) is 11.3 Å². The quantitative estimate of drug-likeness (QED) is 0.652. The maximum atomic E-state index is 13.8. The van der Waals surface area contributed by atoms with Gasteiger partial charge < -0.3 is 9.47 Å². The van der Waals surface area contributed by atoms with Crippen LogP contribution in [0.1, 0.15) is 24.2 Å². The van der Waals surface area contributed by atoms with Crippen LogP contribution in [-0.4, -0.2) is 52.6 Å². The zero-order valence-electron chi connectivity index (χ0n) is 17.6. The molecule has 1 spiro atoms. The normalized spacial score (nSPS) is 19.1. The van der Waals surface area contributed by atoms with Crippen LogP contribution in [0.2, 0.25) is 0 Å². The first-order valence-corrected chi connectivity index (χ1v) is 11.0. The van der Waals surface area contributed by atoms with Crippen LogP contribution in [0.4, 0.5) is 4.39 Å². The summed E-state index contributed by atoms with van der Waals surface area (Å²) in [6, 6.07) is 17.6. The van der Waals surface area contributed by atoms with E-state index in [0.29, 0.717) is 0 Å². The van der Waals surface area contributed by atoms with Gasteiger partial charge in [0.1, 0.15) is 11.6 Å². The number of hydrogen-bond donors (Lipinski definition) is 0. The summed E-state index contributed by atoms with van der Waals surface area (Å²) in [5, 5.41) is 0. The molecular weight excluding hydrogens is 375 g/mol. The Hall–Kier alpha value is -2.50. The first-order valence-electron chi connectivity index (χ1n) is 11.0. The number of imidazole rings is 1. The Morgan fingerprint density at radius 1 is 0.967 bits per heavy atom. The van der Waals surface area contributed by atoms with Crippen molar-refractivity contribution in [1.29, 1.82) is 0 Å². The lowest BCUT2D eigenvalue weighted by molar-refractivity contribution is 0.00946. The summed E-state index contributed by atoms with van der Waals surface area (Å²) in [5.41, 5.74) is 3.33. The number of piperidine rings is 1. The Morgan fingerprint density at radius 3 is 2.53 bits per heavy atom. The van der Waals surface area contributed by atoms with Crippen molar-refractivity contribution in [2.75, 3.05) is 33.2 Å². The Labute approximate surface area is 178 Å². The number of likely N-dealkylation sites (tertiary alicyclic amines) is 1. The van der Waals surface area contributed by atoms with Crippen molar-refractivity contribution in [1.82, 2.24) is 19.4 Å². The summed E-state index contributed by atoms with van der Waals surface area (Å²) in [6.45, 7) is 5.16. The third-order valence-corrected chi connectivity index (χ3v) is 7.02. The van der Waals surface area contributed by atoms with Crippen molar-refractivity contribution < 1.29 is 4.39 Å². The summed E-state index contributed by atoms with van der Waals surface area (Å²) in [5.74, 6) is 0.954. The molecule has 0 atom stereocenters. The minimum Gasteiger partial charge on any atom is -0.325 e. The summed E-state index contributed by atoms with van der Waals surface area (Å²) >= 11 is 0. The molecule has 156 valence electrons. The van der Waals surface area contributed by atoms with Gasteiger partial charge in [0.25, 0.3) is 0 Å². The molecule has 5 rings (SSSR count). The second-order valence-corrected chi connectivity index (χ2v) is 8.66. The molecule has 3 heterocycles.